The summed E-state index contributed by atoms with van der Waals surface area (Å²) in [5.41, 5.74) is 2.47. The van der Waals surface area contributed by atoms with E-state index in [1.165, 1.54) is 0 Å². The topological polar surface area (TPSA) is 66.6 Å². The minimum Gasteiger partial charge on any atom is -0.464 e. The monoisotopic (exact) mass is 314 g/mol. The second kappa shape index (κ2) is 6.54. The molecule has 1 N–H and O–H groups in total. The molecule has 1 amide bonds. The average molecular weight is 314 g/mol. The van der Waals surface area contributed by atoms with Gasteiger partial charge in [0.2, 0.25) is 0 Å². The first-order chi connectivity index (χ1) is 11.1. The Morgan fingerprint density at radius 2 is 2.09 bits per heavy atom. The van der Waals surface area contributed by atoms with Crippen LogP contribution in [0.2, 0.25) is 0 Å². The molecule has 2 aromatic heterocycles. The van der Waals surface area contributed by atoms with E-state index in [0.717, 1.165) is 35.7 Å². The van der Waals surface area contributed by atoms with Crippen molar-refractivity contribution in [1.29, 1.82) is 0 Å². The van der Waals surface area contributed by atoms with Crippen molar-refractivity contribution in [2.75, 3.05) is 13.2 Å². The summed E-state index contributed by atoms with van der Waals surface area (Å²) in [6.45, 7) is 4.36. The molecule has 1 aliphatic carbocycles. The van der Waals surface area contributed by atoms with Gasteiger partial charge in [0, 0.05) is 18.2 Å². The maximum Gasteiger partial charge on any atom is 0.256 e. The second-order valence-electron chi connectivity index (χ2n) is 6.12. The molecule has 0 aromatic carbocycles. The highest BCUT2D eigenvalue weighted by Gasteiger charge is 2.31. The molecule has 23 heavy (non-hydrogen) atoms. The molecule has 0 saturated heterocycles. The number of nitrogens with zero attached hydrogens (tertiary/aromatic N) is 2. The quantitative estimate of drug-likeness (QED) is 0.890. The molecule has 0 bridgehead atoms. The highest BCUT2D eigenvalue weighted by atomic mass is 16.3. The van der Waals surface area contributed by atoms with Crippen molar-refractivity contribution in [2.24, 2.45) is 0 Å². The highest BCUT2D eigenvalue weighted by molar-refractivity contribution is 5.95. The predicted octanol–water partition coefficient (Wildman–Crippen LogP) is 2.80. The van der Waals surface area contributed by atoms with E-state index < -0.39 is 0 Å². The number of aromatic nitrogens is 1. The van der Waals surface area contributed by atoms with Gasteiger partial charge >= 0.3 is 0 Å². The molecule has 5 nitrogen and oxygen atoms in total. The van der Waals surface area contributed by atoms with Gasteiger partial charge in [-0.05, 0) is 51.0 Å². The van der Waals surface area contributed by atoms with Crippen molar-refractivity contribution in [3.05, 3.63) is 52.7 Å². The number of hydrogen-bond acceptors (Lipinski definition) is 4. The Labute approximate surface area is 135 Å². The fraction of sp³-hybridized carbons (Fsp3) is 0.444. The molecule has 3 rings (SSSR count). The summed E-state index contributed by atoms with van der Waals surface area (Å²) >= 11 is 0. The standard InChI is InChI=1S/C18H22N2O3/c1-12-3-8-16(17(19-12)14-5-6-14)18(22)20(9-10-21)11-15-7-4-13(2)23-15/h3-4,7-8,14,21H,5-6,9-11H2,1-2H3. The lowest BCUT2D eigenvalue weighted by Gasteiger charge is -2.22. The molecular weight excluding hydrogens is 292 g/mol. The Morgan fingerprint density at radius 1 is 1.30 bits per heavy atom. The van der Waals surface area contributed by atoms with E-state index in [-0.39, 0.29) is 19.1 Å². The number of hydrogen-bond donors (Lipinski definition) is 1. The first kappa shape index (κ1) is 15.7. The van der Waals surface area contributed by atoms with Crippen molar-refractivity contribution in [1.82, 2.24) is 9.88 Å². The van der Waals surface area contributed by atoms with Crippen LogP contribution in [0.25, 0.3) is 0 Å². The first-order valence-electron chi connectivity index (χ1n) is 8.01. The summed E-state index contributed by atoms with van der Waals surface area (Å²) in [5.74, 6) is 1.84. The van der Waals surface area contributed by atoms with Crippen LogP contribution in [0.4, 0.5) is 0 Å². The Hall–Kier alpha value is -2.14. The number of furan rings is 1. The molecule has 2 heterocycles. The van der Waals surface area contributed by atoms with Gasteiger partial charge in [0.25, 0.3) is 5.91 Å². The minimum absolute atomic E-state index is 0.0799. The van der Waals surface area contributed by atoms with E-state index in [1.807, 2.05) is 38.1 Å². The third-order valence-electron chi connectivity index (χ3n) is 4.06. The smallest absolute Gasteiger partial charge is 0.256 e. The molecule has 0 atom stereocenters. The predicted molar refractivity (Wildman–Crippen MR) is 86.2 cm³/mol. The number of rotatable bonds is 6. The van der Waals surface area contributed by atoms with E-state index in [0.29, 0.717) is 18.0 Å². The average Bonchev–Trinajstić information content (AvgIpc) is 3.29. The molecular formula is C18H22N2O3. The van der Waals surface area contributed by atoms with Crippen LogP contribution < -0.4 is 0 Å². The maximum atomic E-state index is 12.9. The van der Waals surface area contributed by atoms with Crippen LogP contribution >= 0.6 is 0 Å². The molecule has 1 saturated carbocycles. The third-order valence-corrected chi connectivity index (χ3v) is 4.06. The lowest BCUT2D eigenvalue weighted by molar-refractivity contribution is 0.0692. The van der Waals surface area contributed by atoms with Crippen molar-refractivity contribution < 1.29 is 14.3 Å². The molecule has 1 fully saturated rings. The van der Waals surface area contributed by atoms with Gasteiger partial charge in [-0.25, -0.2) is 0 Å². The van der Waals surface area contributed by atoms with Crippen LogP contribution in [0.15, 0.2) is 28.7 Å². The van der Waals surface area contributed by atoms with Gasteiger partial charge in [0.15, 0.2) is 0 Å². The fourth-order valence-electron chi connectivity index (χ4n) is 2.73. The number of carbonyl (C=O) groups is 1. The lowest BCUT2D eigenvalue weighted by Crippen LogP contribution is -2.33. The van der Waals surface area contributed by atoms with Gasteiger partial charge in [-0.15, -0.1) is 0 Å². The Kier molecular flexibility index (Phi) is 4.48. The summed E-state index contributed by atoms with van der Waals surface area (Å²) in [5, 5.41) is 9.31. The van der Waals surface area contributed by atoms with E-state index in [1.54, 1.807) is 4.90 Å². The van der Waals surface area contributed by atoms with E-state index in [4.69, 9.17) is 4.42 Å². The van der Waals surface area contributed by atoms with Crippen LogP contribution in [0.1, 0.15) is 52.0 Å². The third kappa shape index (κ3) is 3.62. The Bertz CT molecular complexity index is 704. The summed E-state index contributed by atoms with van der Waals surface area (Å²) in [7, 11) is 0. The van der Waals surface area contributed by atoms with Gasteiger partial charge in [0.05, 0.1) is 24.4 Å². The minimum atomic E-state index is -0.0949. The van der Waals surface area contributed by atoms with Crippen molar-refractivity contribution in [2.45, 2.75) is 39.2 Å². The van der Waals surface area contributed by atoms with Gasteiger partial charge < -0.3 is 14.4 Å². The normalized spacial score (nSPS) is 14.0. The molecule has 0 unspecified atom stereocenters. The summed E-state index contributed by atoms with van der Waals surface area (Å²) in [4.78, 5) is 19.1. The SMILES string of the molecule is Cc1ccc(C(=O)N(CCO)Cc2ccc(C)o2)c(C2CC2)n1. The number of aliphatic hydroxyl groups excluding tert-OH is 1. The largest absolute Gasteiger partial charge is 0.464 e. The van der Waals surface area contributed by atoms with Gasteiger partial charge in [-0.1, -0.05) is 0 Å². The van der Waals surface area contributed by atoms with E-state index in [9.17, 15) is 9.90 Å². The molecule has 1 aliphatic rings. The number of aliphatic hydroxyl groups is 1. The van der Waals surface area contributed by atoms with Crippen molar-refractivity contribution in [3.8, 4) is 0 Å². The Balaban J connectivity index is 1.86. The van der Waals surface area contributed by atoms with E-state index in [2.05, 4.69) is 4.98 Å². The second-order valence-corrected chi connectivity index (χ2v) is 6.12. The van der Waals surface area contributed by atoms with Crippen LogP contribution in [0.5, 0.6) is 0 Å². The summed E-state index contributed by atoms with van der Waals surface area (Å²) < 4.78 is 5.56. The lowest BCUT2D eigenvalue weighted by atomic mass is 10.1. The molecule has 0 spiro atoms. The van der Waals surface area contributed by atoms with Crippen LogP contribution in [-0.2, 0) is 6.54 Å². The first-order valence-corrected chi connectivity index (χ1v) is 8.01. The number of amides is 1. The summed E-state index contributed by atoms with van der Waals surface area (Å²) in [6, 6.07) is 7.46. The van der Waals surface area contributed by atoms with Gasteiger partial charge in [-0.2, -0.15) is 0 Å². The zero-order chi connectivity index (χ0) is 16.4. The molecule has 0 aliphatic heterocycles. The Morgan fingerprint density at radius 3 is 2.70 bits per heavy atom. The number of carbonyl (C=O) groups excluding carboxylic acids is 1. The van der Waals surface area contributed by atoms with Crippen LogP contribution in [0, 0.1) is 13.8 Å². The van der Waals surface area contributed by atoms with Gasteiger partial charge in [0.1, 0.15) is 11.5 Å². The zero-order valence-electron chi connectivity index (χ0n) is 13.6. The molecule has 2 aromatic rings. The molecule has 122 valence electrons. The molecule has 5 heteroatoms. The van der Waals surface area contributed by atoms with Crippen LogP contribution in [0.3, 0.4) is 0 Å². The fourth-order valence-corrected chi connectivity index (χ4v) is 2.73. The van der Waals surface area contributed by atoms with Crippen molar-refractivity contribution in [3.63, 3.8) is 0 Å². The number of aryl methyl sites for hydroxylation is 2. The van der Waals surface area contributed by atoms with Gasteiger partial charge in [-0.3, -0.25) is 9.78 Å². The van der Waals surface area contributed by atoms with E-state index >= 15 is 0 Å². The highest BCUT2D eigenvalue weighted by Crippen LogP contribution is 2.41. The molecule has 0 radical (unpaired) electrons. The zero-order valence-corrected chi connectivity index (χ0v) is 13.6. The number of pyridine rings is 1. The van der Waals surface area contributed by atoms with Crippen molar-refractivity contribution >= 4 is 5.91 Å². The summed E-state index contributed by atoms with van der Waals surface area (Å²) in [6.07, 6.45) is 2.18. The van der Waals surface area contributed by atoms with Crippen LogP contribution in [-0.4, -0.2) is 34.0 Å². The maximum absolute atomic E-state index is 12.9.